The number of methoxy groups -OCH3 is 1. The van der Waals surface area contributed by atoms with Crippen molar-refractivity contribution in [3.05, 3.63) is 41.5 Å². The Labute approximate surface area is 117 Å². The molecular weight excluding hydrogens is 256 g/mol. The first kappa shape index (κ1) is 14.0. The molecule has 0 spiro atoms. The number of nitrogens with zero attached hydrogens (tertiary/aromatic N) is 2. The summed E-state index contributed by atoms with van der Waals surface area (Å²) in [6, 6.07) is 7.54. The molecule has 0 bridgehead atoms. The van der Waals surface area contributed by atoms with Crippen molar-refractivity contribution in [1.29, 1.82) is 0 Å². The minimum absolute atomic E-state index is 0.177. The first-order valence-electron chi connectivity index (χ1n) is 6.55. The summed E-state index contributed by atoms with van der Waals surface area (Å²) >= 11 is 0. The van der Waals surface area contributed by atoms with Crippen LogP contribution in [0.5, 0.6) is 5.75 Å². The van der Waals surface area contributed by atoms with E-state index in [4.69, 9.17) is 4.74 Å². The number of H-pyrrole nitrogens is 1. The molecule has 2 aromatic rings. The van der Waals surface area contributed by atoms with Gasteiger partial charge in [0.25, 0.3) is 5.91 Å². The van der Waals surface area contributed by atoms with Gasteiger partial charge in [-0.2, -0.15) is 0 Å². The van der Waals surface area contributed by atoms with Crippen molar-refractivity contribution >= 4 is 5.91 Å². The van der Waals surface area contributed by atoms with Gasteiger partial charge in [0.2, 0.25) is 5.82 Å². The van der Waals surface area contributed by atoms with Gasteiger partial charge < -0.3 is 10.1 Å². The average molecular weight is 274 g/mol. The third-order valence-electron chi connectivity index (χ3n) is 2.81. The van der Waals surface area contributed by atoms with Gasteiger partial charge >= 0.3 is 0 Å². The molecule has 0 aliphatic carbocycles. The minimum Gasteiger partial charge on any atom is -0.497 e. The number of hydrogen-bond donors (Lipinski definition) is 2. The Morgan fingerprint density at radius 3 is 3.05 bits per heavy atom. The number of carbonyl (C=O) groups is 1. The zero-order valence-electron chi connectivity index (χ0n) is 11.6. The summed E-state index contributed by atoms with van der Waals surface area (Å²) in [5.74, 6) is 1.39. The van der Waals surface area contributed by atoms with E-state index in [1.54, 1.807) is 7.11 Å². The fraction of sp³-hybridized carbons (Fsp3) is 0.357. The first-order valence-corrected chi connectivity index (χ1v) is 6.55. The maximum Gasteiger partial charge on any atom is 0.291 e. The van der Waals surface area contributed by atoms with Crippen molar-refractivity contribution in [2.24, 2.45) is 0 Å². The minimum atomic E-state index is -0.286. The maximum absolute atomic E-state index is 11.9. The maximum atomic E-state index is 11.9. The Morgan fingerprint density at radius 2 is 2.30 bits per heavy atom. The van der Waals surface area contributed by atoms with Crippen LogP contribution in [0.25, 0.3) is 0 Å². The van der Waals surface area contributed by atoms with Crippen LogP contribution in [0.15, 0.2) is 24.3 Å². The number of carbonyl (C=O) groups excluding carboxylic acids is 1. The number of benzene rings is 1. The topological polar surface area (TPSA) is 79.9 Å². The Bertz CT molecular complexity index is 580. The zero-order valence-corrected chi connectivity index (χ0v) is 11.6. The van der Waals surface area contributed by atoms with Crippen molar-refractivity contribution < 1.29 is 9.53 Å². The lowest BCUT2D eigenvalue weighted by atomic mass is 10.2. The molecule has 0 fully saturated rings. The van der Waals surface area contributed by atoms with Gasteiger partial charge in [0.1, 0.15) is 11.6 Å². The van der Waals surface area contributed by atoms with Crippen LogP contribution < -0.4 is 10.1 Å². The summed E-state index contributed by atoms with van der Waals surface area (Å²) in [5.41, 5.74) is 0.960. The fourth-order valence-corrected chi connectivity index (χ4v) is 1.79. The van der Waals surface area contributed by atoms with E-state index in [1.807, 2.05) is 31.2 Å². The number of nitrogens with one attached hydrogen (secondary N) is 2. The second-order valence-corrected chi connectivity index (χ2v) is 4.39. The highest BCUT2D eigenvalue weighted by atomic mass is 16.5. The van der Waals surface area contributed by atoms with E-state index in [0.717, 1.165) is 30.0 Å². The van der Waals surface area contributed by atoms with Crippen molar-refractivity contribution in [1.82, 2.24) is 20.5 Å². The van der Waals surface area contributed by atoms with Gasteiger partial charge in [0, 0.05) is 13.0 Å². The summed E-state index contributed by atoms with van der Waals surface area (Å²) in [5, 5.41) is 9.45. The monoisotopic (exact) mass is 274 g/mol. The summed E-state index contributed by atoms with van der Waals surface area (Å²) in [6.45, 7) is 2.46. The van der Waals surface area contributed by atoms with Gasteiger partial charge in [-0.25, -0.2) is 4.98 Å². The average Bonchev–Trinajstić information content (AvgIpc) is 2.94. The van der Waals surface area contributed by atoms with E-state index in [0.29, 0.717) is 6.54 Å². The van der Waals surface area contributed by atoms with Crippen LogP contribution in [0, 0.1) is 0 Å². The first-order chi connectivity index (χ1) is 9.72. The summed E-state index contributed by atoms with van der Waals surface area (Å²) in [4.78, 5) is 16.0. The molecule has 0 atom stereocenters. The molecule has 0 unspecified atom stereocenters. The lowest BCUT2D eigenvalue weighted by Gasteiger charge is -2.05. The summed E-state index contributed by atoms with van der Waals surface area (Å²) in [6.07, 6.45) is 1.75. The highest BCUT2D eigenvalue weighted by molar-refractivity contribution is 5.90. The Balaban J connectivity index is 1.93. The zero-order chi connectivity index (χ0) is 14.4. The molecular formula is C14H18N4O2. The van der Waals surface area contributed by atoms with Gasteiger partial charge in [0.15, 0.2) is 0 Å². The van der Waals surface area contributed by atoms with Crippen molar-refractivity contribution in [3.63, 3.8) is 0 Å². The Morgan fingerprint density at radius 1 is 1.45 bits per heavy atom. The van der Waals surface area contributed by atoms with E-state index in [2.05, 4.69) is 20.5 Å². The van der Waals surface area contributed by atoms with Crippen LogP contribution in [-0.2, 0) is 13.0 Å². The number of hydrogen-bond acceptors (Lipinski definition) is 4. The highest BCUT2D eigenvalue weighted by Crippen LogP contribution is 2.12. The Hall–Kier alpha value is -2.37. The number of aryl methyl sites for hydroxylation is 1. The largest absolute Gasteiger partial charge is 0.497 e. The van der Waals surface area contributed by atoms with E-state index < -0.39 is 0 Å². The lowest BCUT2D eigenvalue weighted by Crippen LogP contribution is -2.24. The van der Waals surface area contributed by atoms with E-state index in [9.17, 15) is 4.79 Å². The summed E-state index contributed by atoms with van der Waals surface area (Å²) in [7, 11) is 1.61. The molecule has 2 rings (SSSR count). The number of aromatic amines is 1. The van der Waals surface area contributed by atoms with Crippen molar-refractivity contribution in [2.45, 2.75) is 26.3 Å². The van der Waals surface area contributed by atoms with Gasteiger partial charge in [-0.3, -0.25) is 9.89 Å². The molecule has 2 N–H and O–H groups in total. The van der Waals surface area contributed by atoms with Gasteiger partial charge in [0.05, 0.1) is 7.11 Å². The van der Waals surface area contributed by atoms with Crippen LogP contribution >= 0.6 is 0 Å². The second-order valence-electron chi connectivity index (χ2n) is 4.39. The molecule has 1 heterocycles. The number of ether oxygens (including phenoxy) is 1. The van der Waals surface area contributed by atoms with Gasteiger partial charge in [-0.1, -0.05) is 19.1 Å². The van der Waals surface area contributed by atoms with Crippen LogP contribution in [0.4, 0.5) is 0 Å². The molecule has 0 saturated heterocycles. The molecule has 106 valence electrons. The normalized spacial score (nSPS) is 10.3. The quantitative estimate of drug-likeness (QED) is 0.840. The molecule has 1 aromatic heterocycles. The lowest BCUT2D eigenvalue weighted by molar-refractivity contribution is 0.0941. The molecule has 20 heavy (non-hydrogen) atoms. The van der Waals surface area contributed by atoms with Gasteiger partial charge in [-0.05, 0) is 24.1 Å². The standard InChI is InChI=1S/C14H18N4O2/c1-3-5-12-16-13(18-17-12)14(19)15-9-10-6-4-7-11(8-10)20-2/h4,6-8H,3,5,9H2,1-2H3,(H,15,19)(H,16,17,18). The Kier molecular flexibility index (Phi) is 4.70. The number of amides is 1. The molecule has 6 nitrogen and oxygen atoms in total. The fourth-order valence-electron chi connectivity index (χ4n) is 1.79. The van der Waals surface area contributed by atoms with Crippen molar-refractivity contribution in [3.8, 4) is 5.75 Å². The molecule has 0 aliphatic heterocycles. The third kappa shape index (κ3) is 3.57. The van der Waals surface area contributed by atoms with Crippen LogP contribution in [0.1, 0.15) is 35.4 Å². The third-order valence-corrected chi connectivity index (χ3v) is 2.81. The van der Waals surface area contributed by atoms with E-state index in [1.165, 1.54) is 0 Å². The summed E-state index contributed by atoms with van der Waals surface area (Å²) < 4.78 is 5.13. The molecule has 1 aromatic carbocycles. The van der Waals surface area contributed by atoms with Crippen LogP contribution in [0.3, 0.4) is 0 Å². The van der Waals surface area contributed by atoms with Crippen molar-refractivity contribution in [2.75, 3.05) is 7.11 Å². The van der Waals surface area contributed by atoms with Gasteiger partial charge in [-0.15, -0.1) is 5.10 Å². The van der Waals surface area contributed by atoms with E-state index >= 15 is 0 Å². The molecule has 6 heteroatoms. The highest BCUT2D eigenvalue weighted by Gasteiger charge is 2.11. The number of rotatable bonds is 6. The SMILES string of the molecule is CCCc1nc(C(=O)NCc2cccc(OC)c2)n[nH]1. The molecule has 0 aliphatic rings. The predicted octanol–water partition coefficient (Wildman–Crippen LogP) is 1.70. The van der Waals surface area contributed by atoms with Crippen LogP contribution in [0.2, 0.25) is 0 Å². The smallest absolute Gasteiger partial charge is 0.291 e. The van der Waals surface area contributed by atoms with Crippen LogP contribution in [-0.4, -0.2) is 28.2 Å². The predicted molar refractivity (Wildman–Crippen MR) is 74.5 cm³/mol. The van der Waals surface area contributed by atoms with E-state index in [-0.39, 0.29) is 11.7 Å². The molecule has 0 radical (unpaired) electrons. The second kappa shape index (κ2) is 6.70. The molecule has 0 saturated carbocycles. The molecule has 1 amide bonds. The number of aromatic nitrogens is 3.